The number of rotatable bonds is 5. The lowest BCUT2D eigenvalue weighted by Crippen LogP contribution is -2.34. The Morgan fingerprint density at radius 2 is 2.04 bits per heavy atom. The van der Waals surface area contributed by atoms with E-state index in [0.717, 1.165) is 0 Å². The first kappa shape index (κ1) is 20.5. The maximum atomic E-state index is 13.1. The fourth-order valence-electron chi connectivity index (χ4n) is 2.83. The van der Waals surface area contributed by atoms with Gasteiger partial charge in [0.25, 0.3) is 5.56 Å². The third-order valence-corrected chi connectivity index (χ3v) is 6.13. The van der Waals surface area contributed by atoms with E-state index in [-0.39, 0.29) is 23.9 Å². The number of fused-ring (bicyclic) bond motifs is 1. The standard InChI is InChI=1S/C17H17BrN2O7S/c1-2-10-8-26-9-12(18)15-19-13(17(22)23)14(16(21)20(10)15)27-28(24,25)11-6-4-3-5-7-11/h3-7,10,12H,2,8-9H2,1H3,(H,22,23). The van der Waals surface area contributed by atoms with Gasteiger partial charge in [0.2, 0.25) is 5.75 Å². The highest BCUT2D eigenvalue weighted by molar-refractivity contribution is 9.09. The third-order valence-electron chi connectivity index (χ3n) is 4.22. The van der Waals surface area contributed by atoms with Crippen molar-refractivity contribution in [1.29, 1.82) is 0 Å². The van der Waals surface area contributed by atoms with Crippen molar-refractivity contribution in [2.24, 2.45) is 0 Å². The molecule has 0 spiro atoms. The molecular formula is C17H17BrN2O7S. The van der Waals surface area contributed by atoms with Gasteiger partial charge in [0.1, 0.15) is 10.7 Å². The topological polar surface area (TPSA) is 125 Å². The summed E-state index contributed by atoms with van der Waals surface area (Å²) in [5.74, 6) is -2.27. The normalized spacial score (nSPS) is 19.5. The van der Waals surface area contributed by atoms with Gasteiger partial charge in [-0.3, -0.25) is 9.36 Å². The smallest absolute Gasteiger partial charge is 0.358 e. The van der Waals surface area contributed by atoms with Crippen LogP contribution in [-0.2, 0) is 14.9 Å². The van der Waals surface area contributed by atoms with Gasteiger partial charge in [0.05, 0.1) is 24.1 Å². The van der Waals surface area contributed by atoms with E-state index in [1.807, 2.05) is 6.92 Å². The molecule has 0 amide bonds. The Hall–Kier alpha value is -2.24. The second-order valence-electron chi connectivity index (χ2n) is 6.05. The minimum absolute atomic E-state index is 0.149. The SMILES string of the molecule is CCC1COCC(Br)c2nc(C(=O)O)c(OS(=O)(=O)c3ccccc3)c(=O)n21. The molecule has 1 N–H and O–H groups in total. The van der Waals surface area contributed by atoms with E-state index in [0.29, 0.717) is 6.42 Å². The number of carbonyl (C=O) groups is 1. The summed E-state index contributed by atoms with van der Waals surface area (Å²) in [6.07, 6.45) is 0.492. The molecule has 2 unspecified atom stereocenters. The van der Waals surface area contributed by atoms with Crippen molar-refractivity contribution in [3.05, 3.63) is 52.2 Å². The zero-order valence-electron chi connectivity index (χ0n) is 14.7. The monoisotopic (exact) mass is 472 g/mol. The molecule has 3 rings (SSSR count). The van der Waals surface area contributed by atoms with E-state index in [1.54, 1.807) is 6.07 Å². The number of hydrogen-bond acceptors (Lipinski definition) is 7. The number of carboxylic acids is 1. The fraction of sp³-hybridized carbons (Fsp3) is 0.353. The average molecular weight is 473 g/mol. The summed E-state index contributed by atoms with van der Waals surface area (Å²) < 4.78 is 36.8. The van der Waals surface area contributed by atoms with E-state index in [4.69, 9.17) is 8.92 Å². The molecule has 28 heavy (non-hydrogen) atoms. The van der Waals surface area contributed by atoms with Crippen molar-refractivity contribution in [2.45, 2.75) is 29.1 Å². The molecule has 1 aromatic heterocycles. The second kappa shape index (κ2) is 8.02. The highest BCUT2D eigenvalue weighted by Crippen LogP contribution is 2.30. The minimum Gasteiger partial charge on any atom is -0.476 e. The maximum absolute atomic E-state index is 13.1. The molecule has 0 saturated heterocycles. The summed E-state index contributed by atoms with van der Waals surface area (Å²) in [5.41, 5.74) is -1.65. The third kappa shape index (κ3) is 3.82. The Balaban J connectivity index is 2.22. The Morgan fingerprint density at radius 1 is 1.36 bits per heavy atom. The zero-order valence-corrected chi connectivity index (χ0v) is 17.1. The number of ether oxygens (including phenoxy) is 1. The number of carboxylic acid groups (broad SMARTS) is 1. The molecule has 1 aromatic carbocycles. The van der Waals surface area contributed by atoms with Crippen LogP contribution in [0.15, 0.2) is 40.0 Å². The molecular weight excluding hydrogens is 456 g/mol. The number of alkyl halides is 1. The van der Waals surface area contributed by atoms with Gasteiger partial charge in [-0.05, 0) is 18.6 Å². The molecule has 0 saturated carbocycles. The molecule has 11 heteroatoms. The maximum Gasteiger partial charge on any atom is 0.358 e. The molecule has 150 valence electrons. The van der Waals surface area contributed by atoms with Gasteiger partial charge in [-0.1, -0.05) is 41.1 Å². The van der Waals surface area contributed by atoms with Crippen LogP contribution < -0.4 is 9.74 Å². The van der Waals surface area contributed by atoms with E-state index >= 15 is 0 Å². The van der Waals surface area contributed by atoms with Crippen molar-refractivity contribution < 1.29 is 27.2 Å². The summed E-state index contributed by atoms with van der Waals surface area (Å²) >= 11 is 3.33. The van der Waals surface area contributed by atoms with Crippen molar-refractivity contribution >= 4 is 32.0 Å². The summed E-state index contributed by atoms with van der Waals surface area (Å²) in [5, 5.41) is 9.51. The van der Waals surface area contributed by atoms with Crippen molar-refractivity contribution in [2.75, 3.05) is 13.2 Å². The minimum atomic E-state index is -4.42. The van der Waals surface area contributed by atoms with Crippen LogP contribution in [0.4, 0.5) is 0 Å². The predicted molar refractivity (Wildman–Crippen MR) is 102 cm³/mol. The first-order chi connectivity index (χ1) is 13.3. The molecule has 0 bridgehead atoms. The number of halogens is 1. The molecule has 0 fully saturated rings. The number of nitrogens with zero attached hydrogens (tertiary/aromatic N) is 2. The largest absolute Gasteiger partial charge is 0.476 e. The van der Waals surface area contributed by atoms with Crippen LogP contribution in [0.25, 0.3) is 0 Å². The number of hydrogen-bond donors (Lipinski definition) is 1. The molecule has 9 nitrogen and oxygen atoms in total. The van der Waals surface area contributed by atoms with Crippen LogP contribution in [0.1, 0.15) is 40.5 Å². The van der Waals surface area contributed by atoms with Gasteiger partial charge in [-0.2, -0.15) is 8.42 Å². The zero-order chi connectivity index (χ0) is 20.5. The second-order valence-corrected chi connectivity index (χ2v) is 8.70. The van der Waals surface area contributed by atoms with Gasteiger partial charge in [0.15, 0.2) is 5.69 Å². The first-order valence-corrected chi connectivity index (χ1v) is 10.7. The molecule has 0 radical (unpaired) electrons. The Bertz CT molecular complexity index is 1050. The lowest BCUT2D eigenvalue weighted by molar-refractivity contribution is 0.0687. The van der Waals surface area contributed by atoms with Crippen molar-refractivity contribution in [1.82, 2.24) is 9.55 Å². The molecule has 2 heterocycles. The van der Waals surface area contributed by atoms with Crippen molar-refractivity contribution in [3.63, 3.8) is 0 Å². The van der Waals surface area contributed by atoms with Crippen LogP contribution in [0.5, 0.6) is 5.75 Å². The van der Waals surface area contributed by atoms with Gasteiger partial charge in [-0.25, -0.2) is 9.78 Å². The first-order valence-electron chi connectivity index (χ1n) is 8.37. The van der Waals surface area contributed by atoms with Gasteiger partial charge in [0, 0.05) is 0 Å². The van der Waals surface area contributed by atoms with Crippen LogP contribution in [0.2, 0.25) is 0 Å². The van der Waals surface area contributed by atoms with E-state index in [1.165, 1.54) is 28.8 Å². The van der Waals surface area contributed by atoms with E-state index in [2.05, 4.69) is 20.9 Å². The molecule has 1 aliphatic rings. The van der Waals surface area contributed by atoms with Gasteiger partial charge >= 0.3 is 16.1 Å². The Kier molecular flexibility index (Phi) is 5.87. The van der Waals surface area contributed by atoms with E-state index in [9.17, 15) is 23.1 Å². The number of aromatic carboxylic acids is 1. The number of aromatic nitrogens is 2. The van der Waals surface area contributed by atoms with Gasteiger partial charge in [-0.15, -0.1) is 0 Å². The summed E-state index contributed by atoms with van der Waals surface area (Å²) in [4.78, 5) is 28.1. The molecule has 1 aliphatic heterocycles. The molecule has 2 atom stereocenters. The summed E-state index contributed by atoms with van der Waals surface area (Å²) in [6, 6.07) is 6.69. The molecule has 0 aliphatic carbocycles. The van der Waals surface area contributed by atoms with Crippen molar-refractivity contribution in [3.8, 4) is 5.75 Å². The molecule has 2 aromatic rings. The predicted octanol–water partition coefficient (Wildman–Crippen LogP) is 2.13. The fourth-order valence-corrected chi connectivity index (χ4v) is 4.30. The van der Waals surface area contributed by atoms with E-state index < -0.39 is 44.0 Å². The van der Waals surface area contributed by atoms with Crippen LogP contribution in [0.3, 0.4) is 0 Å². The summed E-state index contributed by atoms with van der Waals surface area (Å²) in [7, 11) is -4.42. The highest BCUT2D eigenvalue weighted by Gasteiger charge is 2.33. The van der Waals surface area contributed by atoms with Crippen LogP contribution >= 0.6 is 15.9 Å². The van der Waals surface area contributed by atoms with Crippen LogP contribution in [0, 0.1) is 0 Å². The highest BCUT2D eigenvalue weighted by atomic mass is 79.9. The van der Waals surface area contributed by atoms with Crippen LogP contribution in [-0.4, -0.2) is 42.3 Å². The average Bonchev–Trinajstić information content (AvgIpc) is 2.83. The van der Waals surface area contributed by atoms with Gasteiger partial charge < -0.3 is 14.0 Å². The quantitative estimate of drug-likeness (QED) is 0.517. The lowest BCUT2D eigenvalue weighted by Gasteiger charge is -2.20. The Morgan fingerprint density at radius 3 is 2.64 bits per heavy atom. The summed E-state index contributed by atoms with van der Waals surface area (Å²) in [6.45, 7) is 2.21. The Labute approximate surface area is 169 Å². The number of benzene rings is 1. The lowest BCUT2D eigenvalue weighted by atomic mass is 10.2.